The van der Waals surface area contributed by atoms with Gasteiger partial charge in [-0.3, -0.25) is 9.97 Å². The Labute approximate surface area is 206 Å². The van der Waals surface area contributed by atoms with Gasteiger partial charge in [0.25, 0.3) is 5.92 Å². The summed E-state index contributed by atoms with van der Waals surface area (Å²) in [7, 11) is 0. The number of alkyl halides is 2. The Morgan fingerprint density at radius 1 is 1.17 bits per heavy atom. The number of hydrogen-bond donors (Lipinski definition) is 1. The third kappa shape index (κ3) is 4.08. The molecule has 8 heteroatoms. The van der Waals surface area contributed by atoms with Crippen LogP contribution in [0.5, 0.6) is 0 Å². The number of cyclic esters (lactones) is 1. The van der Waals surface area contributed by atoms with Gasteiger partial charge in [0.1, 0.15) is 6.10 Å². The van der Waals surface area contributed by atoms with Crippen LogP contribution in [-0.2, 0) is 9.53 Å². The van der Waals surface area contributed by atoms with E-state index in [4.69, 9.17) is 4.74 Å². The predicted molar refractivity (Wildman–Crippen MR) is 131 cm³/mol. The number of rotatable bonds is 4. The normalized spacial score (nSPS) is 29.8. The van der Waals surface area contributed by atoms with Gasteiger partial charge in [-0.1, -0.05) is 25.1 Å². The van der Waals surface area contributed by atoms with Crippen molar-refractivity contribution in [3.8, 4) is 21.7 Å². The van der Waals surface area contributed by atoms with E-state index < -0.39 is 47.8 Å². The summed E-state index contributed by atoms with van der Waals surface area (Å²) in [6.07, 6.45) is 5.25. The maximum Gasteiger partial charge on any atom is 0.339 e. The van der Waals surface area contributed by atoms with E-state index in [9.17, 15) is 18.7 Å². The average molecular weight is 497 g/mol. The van der Waals surface area contributed by atoms with E-state index in [0.29, 0.717) is 5.69 Å². The molecule has 1 aliphatic heterocycles. The van der Waals surface area contributed by atoms with E-state index in [1.165, 1.54) is 11.8 Å². The fourth-order valence-electron chi connectivity index (χ4n) is 5.36. The van der Waals surface area contributed by atoms with Crippen molar-refractivity contribution in [2.24, 2.45) is 17.8 Å². The molecule has 0 spiro atoms. The third-order valence-corrected chi connectivity index (χ3v) is 8.24. The highest BCUT2D eigenvalue weighted by molar-refractivity contribution is 7.15. The molecule has 1 N–H and O–H groups in total. The Morgan fingerprint density at radius 2 is 1.97 bits per heavy atom. The lowest BCUT2D eigenvalue weighted by Gasteiger charge is -2.45. The number of pyridine rings is 2. The Kier molecular flexibility index (Phi) is 5.84. The molecule has 182 valence electrons. The quantitative estimate of drug-likeness (QED) is 0.464. The molecule has 5 unspecified atom stereocenters. The van der Waals surface area contributed by atoms with Gasteiger partial charge in [-0.15, -0.1) is 11.3 Å². The van der Waals surface area contributed by atoms with Gasteiger partial charge in [-0.2, -0.15) is 0 Å². The first-order chi connectivity index (χ1) is 16.6. The minimum Gasteiger partial charge on any atom is -0.460 e. The molecule has 5 rings (SSSR count). The summed E-state index contributed by atoms with van der Waals surface area (Å²) in [5.74, 6) is -6.72. The molecule has 0 radical (unpaired) electrons. The highest BCUT2D eigenvalue weighted by Crippen LogP contribution is 2.54. The third-order valence-electron chi connectivity index (χ3n) is 7.24. The number of fused-ring (bicyclic) bond motifs is 1. The Morgan fingerprint density at radius 3 is 2.66 bits per heavy atom. The molecular formula is C27H26F2N2O3S. The monoisotopic (exact) mass is 496 g/mol. The fraction of sp³-hybridized carbons (Fsp3) is 0.370. The topological polar surface area (TPSA) is 72.3 Å². The fourth-order valence-corrected chi connectivity index (χ4v) is 6.24. The van der Waals surface area contributed by atoms with Crippen LogP contribution in [0.25, 0.3) is 27.8 Å². The molecular weight excluding hydrogens is 470 g/mol. The standard InChI is InChI=1S/C27H26F2N2O3S/c1-15-6-11-22(35-15)24-21(5-4-12-30-24)18-7-8-19(31-13-18)9-10-20-16(2)27(28,29)14-26(33)23(20)17(3)34-25(26)32/h4-13,16-17,20,23,33H,14H2,1-3H3/b10-9+. The second-order valence-corrected chi connectivity index (χ2v) is 10.8. The first kappa shape index (κ1) is 23.8. The summed E-state index contributed by atoms with van der Waals surface area (Å²) in [5.41, 5.74) is 1.14. The van der Waals surface area contributed by atoms with Gasteiger partial charge in [0.15, 0.2) is 5.60 Å². The number of hydrogen-bond acceptors (Lipinski definition) is 6. The van der Waals surface area contributed by atoms with E-state index >= 15 is 0 Å². The van der Waals surface area contributed by atoms with Crippen molar-refractivity contribution < 1.29 is 23.4 Å². The minimum atomic E-state index is -3.20. The zero-order valence-corrected chi connectivity index (χ0v) is 20.4. The maximum absolute atomic E-state index is 14.8. The second-order valence-electron chi connectivity index (χ2n) is 9.51. The number of thiophene rings is 1. The highest BCUT2D eigenvalue weighted by Gasteiger charge is 2.67. The van der Waals surface area contributed by atoms with Gasteiger partial charge in [-0.25, -0.2) is 13.6 Å². The van der Waals surface area contributed by atoms with Crippen molar-refractivity contribution in [3.63, 3.8) is 0 Å². The van der Waals surface area contributed by atoms with Crippen molar-refractivity contribution in [1.82, 2.24) is 9.97 Å². The molecule has 2 aliphatic rings. The van der Waals surface area contributed by atoms with Crippen LogP contribution in [0.1, 0.15) is 30.8 Å². The van der Waals surface area contributed by atoms with Gasteiger partial charge < -0.3 is 9.84 Å². The molecule has 2 fully saturated rings. The molecule has 1 saturated carbocycles. The number of allylic oxidation sites excluding steroid dienone is 1. The summed E-state index contributed by atoms with van der Waals surface area (Å²) in [6, 6.07) is 11.7. The molecule has 1 aliphatic carbocycles. The molecule has 0 amide bonds. The highest BCUT2D eigenvalue weighted by atomic mass is 32.1. The number of carbonyl (C=O) groups is 1. The Hall–Kier alpha value is -2.97. The van der Waals surface area contributed by atoms with Gasteiger partial charge in [-0.05, 0) is 50.1 Å². The summed E-state index contributed by atoms with van der Waals surface area (Å²) in [6.45, 7) is 5.15. The number of nitrogens with zero attached hydrogens (tertiary/aromatic N) is 2. The number of aliphatic hydroxyl groups is 1. The van der Waals surface area contributed by atoms with Crippen molar-refractivity contribution in [3.05, 3.63) is 65.4 Å². The van der Waals surface area contributed by atoms with Gasteiger partial charge >= 0.3 is 5.97 Å². The lowest BCUT2D eigenvalue weighted by atomic mass is 9.62. The number of halogens is 2. The molecule has 35 heavy (non-hydrogen) atoms. The summed E-state index contributed by atoms with van der Waals surface area (Å²) < 4.78 is 34.7. The van der Waals surface area contributed by atoms with Gasteiger partial charge in [0.2, 0.25) is 0 Å². The number of ether oxygens (including phenoxy) is 1. The number of esters is 1. The largest absolute Gasteiger partial charge is 0.460 e. The van der Waals surface area contributed by atoms with Crippen LogP contribution in [0.3, 0.4) is 0 Å². The predicted octanol–water partition coefficient (Wildman–Crippen LogP) is 5.78. The summed E-state index contributed by atoms with van der Waals surface area (Å²) >= 11 is 1.67. The number of aryl methyl sites for hydroxylation is 1. The smallest absolute Gasteiger partial charge is 0.339 e. The van der Waals surface area contributed by atoms with Crippen LogP contribution >= 0.6 is 11.3 Å². The molecule has 0 aromatic carbocycles. The van der Waals surface area contributed by atoms with Crippen molar-refractivity contribution in [2.75, 3.05) is 0 Å². The van der Waals surface area contributed by atoms with Crippen LogP contribution in [0.2, 0.25) is 0 Å². The molecule has 4 heterocycles. The summed E-state index contributed by atoms with van der Waals surface area (Å²) in [5, 5.41) is 10.8. The minimum absolute atomic E-state index is 0.591. The lowest BCUT2D eigenvalue weighted by molar-refractivity contribution is -0.193. The lowest BCUT2D eigenvalue weighted by Crippen LogP contribution is -2.57. The van der Waals surface area contributed by atoms with Crippen LogP contribution in [0, 0.1) is 24.7 Å². The summed E-state index contributed by atoms with van der Waals surface area (Å²) in [4.78, 5) is 23.6. The van der Waals surface area contributed by atoms with E-state index in [-0.39, 0.29) is 0 Å². The zero-order chi connectivity index (χ0) is 25.0. The second kappa shape index (κ2) is 8.60. The first-order valence-corrected chi connectivity index (χ1v) is 12.4. The Bertz CT molecular complexity index is 1290. The number of carbonyl (C=O) groups excluding carboxylic acids is 1. The van der Waals surface area contributed by atoms with Gasteiger partial charge in [0.05, 0.1) is 22.7 Å². The van der Waals surface area contributed by atoms with Crippen molar-refractivity contribution in [1.29, 1.82) is 0 Å². The first-order valence-electron chi connectivity index (χ1n) is 11.6. The van der Waals surface area contributed by atoms with Crippen LogP contribution in [0.4, 0.5) is 8.78 Å². The molecule has 5 atom stereocenters. The van der Waals surface area contributed by atoms with E-state index in [1.807, 2.05) is 24.3 Å². The van der Waals surface area contributed by atoms with E-state index in [2.05, 4.69) is 29.0 Å². The van der Waals surface area contributed by atoms with Crippen LogP contribution in [-0.4, -0.2) is 38.7 Å². The van der Waals surface area contributed by atoms with Crippen molar-refractivity contribution in [2.45, 2.75) is 44.8 Å². The number of aromatic nitrogens is 2. The molecule has 1 saturated heterocycles. The van der Waals surface area contributed by atoms with Gasteiger partial charge in [0, 0.05) is 40.2 Å². The van der Waals surface area contributed by atoms with Crippen molar-refractivity contribution >= 4 is 23.4 Å². The molecule has 3 aromatic heterocycles. The maximum atomic E-state index is 14.8. The molecule has 3 aromatic rings. The zero-order valence-electron chi connectivity index (χ0n) is 19.6. The van der Waals surface area contributed by atoms with E-state index in [0.717, 1.165) is 21.7 Å². The molecule has 5 nitrogen and oxygen atoms in total. The Balaban J connectivity index is 1.43. The van der Waals surface area contributed by atoms with E-state index in [1.54, 1.807) is 42.8 Å². The molecule has 0 bridgehead atoms. The van der Waals surface area contributed by atoms with Crippen LogP contribution in [0.15, 0.2) is 54.9 Å². The average Bonchev–Trinajstić information content (AvgIpc) is 3.34. The SMILES string of the molecule is Cc1ccc(-c2ncccc2-c2ccc(/C=C/C3C(C)C(F)(F)CC4(O)C(=O)OC(C)C34)nc2)s1. The van der Waals surface area contributed by atoms with Crippen LogP contribution < -0.4 is 0 Å².